The van der Waals surface area contributed by atoms with Gasteiger partial charge in [-0.2, -0.15) is 0 Å². The predicted molar refractivity (Wildman–Crippen MR) is 123 cm³/mol. The van der Waals surface area contributed by atoms with Gasteiger partial charge in [-0.15, -0.1) is 0 Å². The molecule has 8 nitrogen and oxygen atoms in total. The molecule has 2 heterocycles. The molecular formula is C26H18O8. The molecular weight excluding hydrogens is 440 g/mol. The Balaban J connectivity index is 1.88. The summed E-state index contributed by atoms with van der Waals surface area (Å²) in [7, 11) is 2.96. The van der Waals surface area contributed by atoms with Crippen molar-refractivity contribution >= 4 is 33.5 Å². The van der Waals surface area contributed by atoms with E-state index in [1.165, 1.54) is 26.4 Å². The standard InChI is InChI=1S/C26H18O8/c1-9-15(11-5-7-13(27)19-17(11)23(21(9)31-3)33-25(19)29)16-10(2)22(32-4)24-18-12(16)6-8-14(28)20(18)26(30)34-24/h5-8,27-28H,1-4H3. The molecule has 0 unspecified atom stereocenters. The van der Waals surface area contributed by atoms with E-state index in [-0.39, 0.29) is 34.1 Å². The van der Waals surface area contributed by atoms with Crippen LogP contribution in [0.15, 0.2) is 24.3 Å². The summed E-state index contributed by atoms with van der Waals surface area (Å²) in [6.45, 7) is 3.69. The third kappa shape index (κ3) is 2.22. The minimum Gasteiger partial charge on any atom is -0.507 e. The quantitative estimate of drug-likeness (QED) is 0.334. The Hall–Kier alpha value is -4.46. The molecule has 0 amide bonds. The van der Waals surface area contributed by atoms with E-state index in [4.69, 9.17) is 18.9 Å². The summed E-state index contributed by atoms with van der Waals surface area (Å²) in [4.78, 5) is 25.2. The van der Waals surface area contributed by atoms with Gasteiger partial charge in [0, 0.05) is 21.9 Å². The average Bonchev–Trinajstić information content (AvgIpc) is 3.33. The van der Waals surface area contributed by atoms with Crippen LogP contribution >= 0.6 is 0 Å². The molecule has 0 radical (unpaired) electrons. The van der Waals surface area contributed by atoms with Gasteiger partial charge >= 0.3 is 11.9 Å². The maximum atomic E-state index is 12.6. The van der Waals surface area contributed by atoms with Gasteiger partial charge in [-0.3, -0.25) is 0 Å². The molecule has 0 fully saturated rings. The molecule has 2 aliphatic rings. The molecule has 34 heavy (non-hydrogen) atoms. The van der Waals surface area contributed by atoms with E-state index >= 15 is 0 Å². The third-order valence-corrected chi connectivity index (χ3v) is 6.66. The van der Waals surface area contributed by atoms with E-state index in [0.717, 1.165) is 0 Å². The summed E-state index contributed by atoms with van der Waals surface area (Å²) in [5.74, 6) is -0.478. The number of hydrogen-bond donors (Lipinski definition) is 2. The van der Waals surface area contributed by atoms with E-state index in [1.807, 2.05) is 13.8 Å². The van der Waals surface area contributed by atoms with Gasteiger partial charge in [-0.1, -0.05) is 0 Å². The van der Waals surface area contributed by atoms with Crippen LogP contribution in [0.3, 0.4) is 0 Å². The Morgan fingerprint density at radius 3 is 1.38 bits per heavy atom. The first-order valence-corrected chi connectivity index (χ1v) is 10.5. The van der Waals surface area contributed by atoms with E-state index < -0.39 is 11.9 Å². The molecule has 4 aromatic rings. The first kappa shape index (κ1) is 20.2. The molecule has 170 valence electrons. The fraction of sp³-hybridized carbons (Fsp3) is 0.154. The van der Waals surface area contributed by atoms with Crippen LogP contribution in [0.4, 0.5) is 0 Å². The number of phenols is 2. The number of benzene rings is 4. The molecule has 4 aromatic carbocycles. The number of esters is 2. The lowest BCUT2D eigenvalue weighted by Crippen LogP contribution is -2.02. The largest absolute Gasteiger partial charge is 0.507 e. The van der Waals surface area contributed by atoms with E-state index in [2.05, 4.69) is 0 Å². The minimum atomic E-state index is -0.661. The van der Waals surface area contributed by atoms with Gasteiger partial charge in [-0.05, 0) is 60.0 Å². The Morgan fingerprint density at radius 1 is 0.647 bits per heavy atom. The second-order valence-corrected chi connectivity index (χ2v) is 8.27. The molecule has 0 aromatic heterocycles. The van der Waals surface area contributed by atoms with E-state index in [9.17, 15) is 19.8 Å². The molecule has 0 atom stereocenters. The van der Waals surface area contributed by atoms with Crippen LogP contribution in [0.25, 0.3) is 32.7 Å². The Labute approximate surface area is 192 Å². The maximum Gasteiger partial charge on any atom is 0.348 e. The van der Waals surface area contributed by atoms with E-state index in [1.54, 1.807) is 12.1 Å². The Bertz CT molecular complexity index is 1520. The second-order valence-electron chi connectivity index (χ2n) is 8.27. The number of hydrogen-bond acceptors (Lipinski definition) is 8. The first-order chi connectivity index (χ1) is 16.3. The summed E-state index contributed by atoms with van der Waals surface area (Å²) in [6.07, 6.45) is 0. The van der Waals surface area contributed by atoms with Crippen molar-refractivity contribution in [2.24, 2.45) is 0 Å². The Morgan fingerprint density at radius 2 is 1.03 bits per heavy atom. The van der Waals surface area contributed by atoms with Gasteiger partial charge in [-0.25, -0.2) is 9.59 Å². The van der Waals surface area contributed by atoms with Gasteiger partial charge in [0.15, 0.2) is 23.0 Å². The minimum absolute atomic E-state index is 0.0683. The molecule has 0 aliphatic carbocycles. The van der Waals surface area contributed by atoms with Crippen molar-refractivity contribution in [1.82, 2.24) is 0 Å². The third-order valence-electron chi connectivity index (χ3n) is 6.66. The first-order valence-electron chi connectivity index (χ1n) is 10.5. The molecule has 0 spiro atoms. The number of rotatable bonds is 3. The molecule has 6 rings (SSSR count). The van der Waals surface area contributed by atoms with Gasteiger partial charge in [0.25, 0.3) is 0 Å². The number of phenolic OH excluding ortho intramolecular Hbond substituents is 2. The van der Waals surface area contributed by atoms with Gasteiger partial charge in [0.2, 0.25) is 0 Å². The van der Waals surface area contributed by atoms with Crippen LogP contribution in [0.1, 0.15) is 31.8 Å². The van der Waals surface area contributed by atoms with Gasteiger partial charge in [0.05, 0.1) is 14.2 Å². The molecule has 0 bridgehead atoms. The van der Waals surface area contributed by atoms with Crippen molar-refractivity contribution < 1.29 is 38.7 Å². The van der Waals surface area contributed by atoms with Crippen LogP contribution in [0.2, 0.25) is 0 Å². The highest BCUT2D eigenvalue weighted by Crippen LogP contribution is 2.56. The second kappa shape index (κ2) is 6.54. The molecule has 2 N–H and O–H groups in total. The summed E-state index contributed by atoms with van der Waals surface area (Å²) < 4.78 is 22.3. The summed E-state index contributed by atoms with van der Waals surface area (Å²) >= 11 is 0. The smallest absolute Gasteiger partial charge is 0.348 e. The maximum absolute atomic E-state index is 12.6. The van der Waals surface area contributed by atoms with Crippen LogP contribution < -0.4 is 18.9 Å². The SMILES string of the molecule is COc1c(C)c(-c2c(C)c(OC)c3c4c(c(O)ccc24)C(=O)O3)c2ccc(O)c3c2c1OC3=O. The van der Waals surface area contributed by atoms with Gasteiger partial charge in [0.1, 0.15) is 22.6 Å². The van der Waals surface area contributed by atoms with Crippen LogP contribution in [0.5, 0.6) is 34.5 Å². The van der Waals surface area contributed by atoms with Crippen LogP contribution in [-0.2, 0) is 0 Å². The fourth-order valence-electron chi connectivity index (χ4n) is 5.30. The van der Waals surface area contributed by atoms with Crippen molar-refractivity contribution in [2.75, 3.05) is 14.2 Å². The van der Waals surface area contributed by atoms with Crippen molar-refractivity contribution in [2.45, 2.75) is 13.8 Å². The lowest BCUT2D eigenvalue weighted by molar-refractivity contribution is 0.0737. The van der Waals surface area contributed by atoms with E-state index in [0.29, 0.717) is 55.3 Å². The highest BCUT2D eigenvalue weighted by molar-refractivity contribution is 6.24. The number of ether oxygens (including phenoxy) is 4. The normalized spacial score (nSPS) is 13.5. The zero-order valence-electron chi connectivity index (χ0n) is 18.7. The number of methoxy groups -OCH3 is 2. The van der Waals surface area contributed by atoms with Crippen molar-refractivity contribution in [3.63, 3.8) is 0 Å². The highest BCUT2D eigenvalue weighted by Gasteiger charge is 2.37. The van der Waals surface area contributed by atoms with Crippen LogP contribution in [0, 0.1) is 13.8 Å². The number of carbonyl (C=O) groups excluding carboxylic acids is 2. The number of aromatic hydroxyl groups is 2. The number of carbonyl (C=O) groups is 2. The summed E-state index contributed by atoms with van der Waals surface area (Å²) in [6, 6.07) is 6.34. The Kier molecular flexibility index (Phi) is 3.88. The average molecular weight is 458 g/mol. The zero-order valence-corrected chi connectivity index (χ0v) is 18.7. The summed E-state index contributed by atoms with van der Waals surface area (Å²) in [5, 5.41) is 23.0. The molecule has 0 saturated carbocycles. The highest BCUT2D eigenvalue weighted by atomic mass is 16.6. The monoisotopic (exact) mass is 458 g/mol. The van der Waals surface area contributed by atoms with Gasteiger partial charge < -0.3 is 29.2 Å². The fourth-order valence-corrected chi connectivity index (χ4v) is 5.30. The predicted octanol–water partition coefficient (Wildman–Crippen LogP) is 4.77. The lowest BCUT2D eigenvalue weighted by atomic mass is 9.85. The topological polar surface area (TPSA) is 112 Å². The molecule has 8 heteroatoms. The zero-order chi connectivity index (χ0) is 24.0. The summed E-state index contributed by atoms with van der Waals surface area (Å²) in [5.41, 5.74) is 2.95. The lowest BCUT2D eigenvalue weighted by Gasteiger charge is -2.21. The van der Waals surface area contributed by atoms with Crippen molar-refractivity contribution in [3.8, 4) is 45.6 Å². The van der Waals surface area contributed by atoms with Crippen molar-refractivity contribution in [3.05, 3.63) is 46.5 Å². The molecule has 2 aliphatic heterocycles. The van der Waals surface area contributed by atoms with Crippen LogP contribution in [-0.4, -0.2) is 36.4 Å². The van der Waals surface area contributed by atoms with Crippen molar-refractivity contribution in [1.29, 1.82) is 0 Å². The molecule has 0 saturated heterocycles.